The van der Waals surface area contributed by atoms with Gasteiger partial charge in [-0.1, -0.05) is 11.3 Å². The summed E-state index contributed by atoms with van der Waals surface area (Å²) < 4.78 is 78.7. The molecule has 0 aliphatic carbocycles. The molecular weight excluding hydrogens is 585 g/mol. The van der Waals surface area contributed by atoms with E-state index in [9.17, 15) is 35.5 Å². The van der Waals surface area contributed by atoms with Crippen LogP contribution in [0.15, 0.2) is 30.5 Å². The lowest BCUT2D eigenvalue weighted by atomic mass is 9.96. The molecule has 1 atom stereocenters. The number of piperidine rings is 1. The Balaban J connectivity index is 0.000000367. The number of benzene rings is 1. The number of nitrogens with two attached hydrogens (primary N) is 1. The van der Waals surface area contributed by atoms with Crippen LogP contribution in [0.2, 0.25) is 0 Å². The standard InChI is InChI=1S/C20H27FN6O.2C2HF3O2/c21-17-3-1-2-16(10-17)20(28)26-8-4-15(5-9-26)11-27-14-19(23-24-27)13-25-7-6-18(22)12-25;2*3-2(4,5)1(6)7/h1-3,10,14-15,18H,4-9,11-13,22H2;2*(H,6,7)/t18-;;/m1../s1. The van der Waals surface area contributed by atoms with E-state index in [1.807, 2.05) is 15.8 Å². The summed E-state index contributed by atoms with van der Waals surface area (Å²) in [5.74, 6) is -5.52. The van der Waals surface area contributed by atoms with Gasteiger partial charge in [-0.2, -0.15) is 26.3 Å². The fourth-order valence-electron chi connectivity index (χ4n) is 4.12. The molecule has 3 heterocycles. The van der Waals surface area contributed by atoms with Crippen LogP contribution in [0.3, 0.4) is 0 Å². The Hall–Kier alpha value is -3.80. The Morgan fingerprint density at radius 1 is 0.952 bits per heavy atom. The molecule has 2 aliphatic heterocycles. The summed E-state index contributed by atoms with van der Waals surface area (Å²) >= 11 is 0. The van der Waals surface area contributed by atoms with Gasteiger partial charge in [-0.05, 0) is 43.4 Å². The summed E-state index contributed by atoms with van der Waals surface area (Å²) in [7, 11) is 0. The Kier molecular flexibility index (Phi) is 12.2. The lowest BCUT2D eigenvalue weighted by Gasteiger charge is -2.32. The molecule has 18 heteroatoms. The van der Waals surface area contributed by atoms with Gasteiger partial charge in [0.05, 0.1) is 5.69 Å². The molecule has 1 aromatic carbocycles. The number of carboxylic acids is 2. The maximum atomic E-state index is 13.4. The van der Waals surface area contributed by atoms with Crippen molar-refractivity contribution in [2.75, 3.05) is 26.2 Å². The lowest BCUT2D eigenvalue weighted by Crippen LogP contribution is -2.39. The van der Waals surface area contributed by atoms with Crippen LogP contribution in [0.25, 0.3) is 0 Å². The second kappa shape index (κ2) is 14.9. The quantitative estimate of drug-likeness (QED) is 0.432. The number of nitrogens with zero attached hydrogens (tertiary/aromatic N) is 5. The van der Waals surface area contributed by atoms with E-state index in [0.717, 1.165) is 51.1 Å². The highest BCUT2D eigenvalue weighted by molar-refractivity contribution is 5.94. The number of hydrogen-bond donors (Lipinski definition) is 3. The van der Waals surface area contributed by atoms with Crippen molar-refractivity contribution in [1.82, 2.24) is 24.8 Å². The minimum absolute atomic E-state index is 0.0928. The Morgan fingerprint density at radius 2 is 1.52 bits per heavy atom. The third kappa shape index (κ3) is 11.6. The molecule has 1 amide bonds. The molecule has 11 nitrogen and oxygen atoms in total. The first-order valence-corrected chi connectivity index (χ1v) is 12.5. The number of likely N-dealkylation sites (tertiary alicyclic amines) is 2. The SMILES string of the molecule is N[C@@H]1CCN(Cc2cn(CC3CCN(C(=O)c4cccc(F)c4)CC3)nn2)C1.O=C(O)C(F)(F)F.O=C(O)C(F)(F)F. The zero-order chi connectivity index (χ0) is 31.7. The van der Waals surface area contributed by atoms with Gasteiger partial charge >= 0.3 is 24.3 Å². The zero-order valence-electron chi connectivity index (χ0n) is 22.0. The molecule has 42 heavy (non-hydrogen) atoms. The molecule has 2 fully saturated rings. The normalized spacial score (nSPS) is 18.0. The molecular formula is C24H29F7N6O5. The topological polar surface area (TPSA) is 155 Å². The van der Waals surface area contributed by atoms with Crippen molar-refractivity contribution < 1.29 is 55.3 Å². The minimum atomic E-state index is -5.08. The molecule has 234 valence electrons. The molecule has 4 N–H and O–H groups in total. The van der Waals surface area contributed by atoms with E-state index in [0.29, 0.717) is 24.6 Å². The Bertz CT molecular complexity index is 1170. The molecule has 0 unspecified atom stereocenters. The lowest BCUT2D eigenvalue weighted by molar-refractivity contribution is -0.193. The van der Waals surface area contributed by atoms with Crippen molar-refractivity contribution >= 4 is 17.8 Å². The van der Waals surface area contributed by atoms with Crippen LogP contribution in [0.1, 0.15) is 35.3 Å². The molecule has 1 aromatic heterocycles. The number of amides is 1. The van der Waals surface area contributed by atoms with Gasteiger partial charge in [0.1, 0.15) is 5.82 Å². The van der Waals surface area contributed by atoms with Crippen LogP contribution in [0.5, 0.6) is 0 Å². The van der Waals surface area contributed by atoms with Gasteiger partial charge in [-0.15, -0.1) is 5.10 Å². The molecule has 2 aliphatic rings. The molecule has 2 aromatic rings. The van der Waals surface area contributed by atoms with Gasteiger partial charge in [0.15, 0.2) is 0 Å². The summed E-state index contributed by atoms with van der Waals surface area (Å²) in [6.45, 7) is 4.93. The van der Waals surface area contributed by atoms with E-state index in [1.54, 1.807) is 12.1 Å². The smallest absolute Gasteiger partial charge is 0.475 e. The fraction of sp³-hybridized carbons (Fsp3) is 0.542. The van der Waals surface area contributed by atoms with Crippen molar-refractivity contribution in [2.24, 2.45) is 11.7 Å². The summed E-state index contributed by atoms with van der Waals surface area (Å²) in [4.78, 5) is 34.4. The highest BCUT2D eigenvalue weighted by Crippen LogP contribution is 2.21. The van der Waals surface area contributed by atoms with Crippen LogP contribution in [0, 0.1) is 11.7 Å². The fourth-order valence-corrected chi connectivity index (χ4v) is 4.12. The zero-order valence-corrected chi connectivity index (χ0v) is 22.0. The molecule has 0 saturated carbocycles. The van der Waals surface area contributed by atoms with Gasteiger partial charge in [-0.3, -0.25) is 14.4 Å². The van der Waals surface area contributed by atoms with E-state index >= 15 is 0 Å². The second-order valence-corrected chi connectivity index (χ2v) is 9.57. The summed E-state index contributed by atoms with van der Waals surface area (Å²) in [5.41, 5.74) is 7.35. The van der Waals surface area contributed by atoms with Crippen molar-refractivity contribution in [1.29, 1.82) is 0 Å². The first-order chi connectivity index (χ1) is 19.5. The number of carboxylic acid groups (broad SMARTS) is 2. The van der Waals surface area contributed by atoms with E-state index in [-0.39, 0.29) is 17.8 Å². The number of carbonyl (C=O) groups is 3. The average Bonchev–Trinajstić information content (AvgIpc) is 3.52. The highest BCUT2D eigenvalue weighted by atomic mass is 19.4. The number of aliphatic carboxylic acids is 2. The summed E-state index contributed by atoms with van der Waals surface area (Å²) in [5, 5.41) is 22.8. The maximum absolute atomic E-state index is 13.4. The number of halogens is 7. The van der Waals surface area contributed by atoms with Crippen LogP contribution in [-0.2, 0) is 22.7 Å². The van der Waals surface area contributed by atoms with Crippen molar-refractivity contribution in [3.63, 3.8) is 0 Å². The predicted molar refractivity (Wildman–Crippen MR) is 130 cm³/mol. The predicted octanol–water partition coefficient (Wildman–Crippen LogP) is 2.77. The number of carbonyl (C=O) groups excluding carboxylic acids is 1. The molecule has 2 saturated heterocycles. The van der Waals surface area contributed by atoms with Gasteiger partial charge < -0.3 is 20.8 Å². The second-order valence-electron chi connectivity index (χ2n) is 9.57. The Morgan fingerprint density at radius 3 is 2.00 bits per heavy atom. The maximum Gasteiger partial charge on any atom is 0.490 e. The number of rotatable bonds is 5. The Labute approximate surface area is 234 Å². The monoisotopic (exact) mass is 614 g/mol. The van der Waals surface area contributed by atoms with Crippen molar-refractivity contribution in [2.45, 2.75) is 50.7 Å². The molecule has 0 radical (unpaired) electrons. The van der Waals surface area contributed by atoms with Crippen molar-refractivity contribution in [3.05, 3.63) is 47.5 Å². The van der Waals surface area contributed by atoms with Gasteiger partial charge in [-0.25, -0.2) is 14.0 Å². The van der Waals surface area contributed by atoms with Gasteiger partial charge in [0, 0.05) is 57.1 Å². The highest BCUT2D eigenvalue weighted by Gasteiger charge is 2.39. The average molecular weight is 615 g/mol. The minimum Gasteiger partial charge on any atom is -0.475 e. The van der Waals surface area contributed by atoms with Gasteiger partial charge in [0.2, 0.25) is 0 Å². The number of hydrogen-bond acceptors (Lipinski definition) is 7. The van der Waals surface area contributed by atoms with Crippen molar-refractivity contribution in [3.8, 4) is 0 Å². The first kappa shape index (κ1) is 34.4. The summed E-state index contributed by atoms with van der Waals surface area (Å²) in [6, 6.07) is 6.18. The van der Waals surface area contributed by atoms with Gasteiger partial charge in [0.25, 0.3) is 5.91 Å². The number of aromatic nitrogens is 3. The van der Waals surface area contributed by atoms with Crippen LogP contribution in [-0.4, -0.2) is 97.4 Å². The van der Waals surface area contributed by atoms with E-state index in [2.05, 4.69) is 15.2 Å². The van der Waals surface area contributed by atoms with Crippen LogP contribution in [0.4, 0.5) is 30.7 Å². The third-order valence-corrected chi connectivity index (χ3v) is 6.18. The van der Waals surface area contributed by atoms with E-state index < -0.39 is 24.3 Å². The molecule has 4 rings (SSSR count). The first-order valence-electron chi connectivity index (χ1n) is 12.5. The summed E-state index contributed by atoms with van der Waals surface area (Å²) in [6.07, 6.45) is -5.27. The number of alkyl halides is 6. The largest absolute Gasteiger partial charge is 0.490 e. The molecule has 0 spiro atoms. The van der Waals surface area contributed by atoms with E-state index in [1.165, 1.54) is 12.1 Å². The van der Waals surface area contributed by atoms with E-state index in [4.69, 9.17) is 25.5 Å². The molecule has 0 bridgehead atoms. The third-order valence-electron chi connectivity index (χ3n) is 6.18. The van der Waals surface area contributed by atoms with Crippen LogP contribution >= 0.6 is 0 Å². The van der Waals surface area contributed by atoms with Crippen LogP contribution < -0.4 is 5.73 Å².